The number of aromatic nitrogens is 2. The van der Waals surface area contributed by atoms with E-state index in [4.69, 9.17) is 4.74 Å². The molecule has 1 saturated heterocycles. The molecule has 1 fully saturated rings. The van der Waals surface area contributed by atoms with E-state index >= 15 is 0 Å². The van der Waals surface area contributed by atoms with Crippen molar-refractivity contribution in [1.29, 1.82) is 0 Å². The highest BCUT2D eigenvalue weighted by atomic mass is 16.5. The van der Waals surface area contributed by atoms with Gasteiger partial charge in [0.15, 0.2) is 0 Å². The summed E-state index contributed by atoms with van der Waals surface area (Å²) in [7, 11) is 0. The van der Waals surface area contributed by atoms with Crippen molar-refractivity contribution in [3.05, 3.63) is 11.8 Å². The summed E-state index contributed by atoms with van der Waals surface area (Å²) in [6.45, 7) is 10.9. The monoisotopic (exact) mass is 264 g/mol. The molecule has 0 bridgehead atoms. The predicted molar refractivity (Wildman–Crippen MR) is 77.8 cm³/mol. The fraction of sp³-hybridized carbons (Fsp3) is 0.714. The van der Waals surface area contributed by atoms with Gasteiger partial charge in [-0.3, -0.25) is 0 Å². The van der Waals surface area contributed by atoms with Crippen molar-refractivity contribution in [2.45, 2.75) is 46.3 Å². The second-order valence-electron chi connectivity index (χ2n) is 5.26. The van der Waals surface area contributed by atoms with Crippen LogP contribution in [0.5, 0.6) is 0 Å². The van der Waals surface area contributed by atoms with Crippen LogP contribution in [-0.2, 0) is 4.74 Å². The van der Waals surface area contributed by atoms with E-state index in [1.54, 1.807) is 0 Å². The summed E-state index contributed by atoms with van der Waals surface area (Å²) in [5.41, 5.74) is 0.995. The first-order chi connectivity index (χ1) is 9.10. The standard InChI is InChI=1S/C14H24N4O/c1-5-6-15-14-16-10(2)7-13(17-14)18-8-12(4)19-9-11(18)3/h7,11-12H,5-6,8-9H2,1-4H3,(H,15,16,17). The van der Waals surface area contributed by atoms with Gasteiger partial charge in [0.2, 0.25) is 5.95 Å². The van der Waals surface area contributed by atoms with Crippen LogP contribution in [-0.4, -0.2) is 41.8 Å². The van der Waals surface area contributed by atoms with Crippen LogP contribution in [0.3, 0.4) is 0 Å². The molecule has 5 nitrogen and oxygen atoms in total. The fourth-order valence-corrected chi connectivity index (χ4v) is 2.24. The van der Waals surface area contributed by atoms with Gasteiger partial charge in [-0.05, 0) is 27.2 Å². The molecule has 2 rings (SSSR count). The molecule has 1 aromatic heterocycles. The van der Waals surface area contributed by atoms with E-state index in [1.807, 2.05) is 13.0 Å². The molecule has 0 saturated carbocycles. The Balaban J connectivity index is 2.20. The fourth-order valence-electron chi connectivity index (χ4n) is 2.24. The van der Waals surface area contributed by atoms with Gasteiger partial charge in [0.1, 0.15) is 5.82 Å². The highest BCUT2D eigenvalue weighted by Gasteiger charge is 2.25. The van der Waals surface area contributed by atoms with E-state index in [1.165, 1.54) is 0 Å². The van der Waals surface area contributed by atoms with Gasteiger partial charge in [-0.25, -0.2) is 4.98 Å². The van der Waals surface area contributed by atoms with Gasteiger partial charge in [-0.2, -0.15) is 4.98 Å². The summed E-state index contributed by atoms with van der Waals surface area (Å²) in [6, 6.07) is 2.40. The lowest BCUT2D eigenvalue weighted by molar-refractivity contribution is 0.0340. The zero-order chi connectivity index (χ0) is 13.8. The van der Waals surface area contributed by atoms with E-state index in [0.717, 1.165) is 43.6 Å². The number of aryl methyl sites for hydroxylation is 1. The minimum absolute atomic E-state index is 0.249. The zero-order valence-corrected chi connectivity index (χ0v) is 12.3. The second-order valence-corrected chi connectivity index (χ2v) is 5.26. The van der Waals surface area contributed by atoms with E-state index in [2.05, 4.69) is 41.0 Å². The molecule has 1 aliphatic rings. The molecule has 1 aromatic rings. The van der Waals surface area contributed by atoms with Crippen molar-refractivity contribution in [3.8, 4) is 0 Å². The van der Waals surface area contributed by atoms with Crippen LogP contribution in [0.1, 0.15) is 32.9 Å². The lowest BCUT2D eigenvalue weighted by Crippen LogP contribution is -2.47. The summed E-state index contributed by atoms with van der Waals surface area (Å²) in [4.78, 5) is 11.4. The summed E-state index contributed by atoms with van der Waals surface area (Å²) in [5.74, 6) is 1.72. The Labute approximate surface area is 115 Å². The molecule has 0 aliphatic carbocycles. The van der Waals surface area contributed by atoms with Crippen LogP contribution in [0.2, 0.25) is 0 Å². The molecule has 19 heavy (non-hydrogen) atoms. The normalized spacial score (nSPS) is 23.5. The van der Waals surface area contributed by atoms with Crippen LogP contribution in [0.4, 0.5) is 11.8 Å². The molecule has 5 heteroatoms. The summed E-state index contributed by atoms with van der Waals surface area (Å²) < 4.78 is 5.67. The SMILES string of the molecule is CCCNc1nc(C)cc(N2CC(C)OCC2C)n1. The number of hydrogen-bond donors (Lipinski definition) is 1. The predicted octanol–water partition coefficient (Wildman–Crippen LogP) is 2.22. The Kier molecular flexibility index (Phi) is 4.58. The highest BCUT2D eigenvalue weighted by molar-refractivity contribution is 5.46. The Bertz CT molecular complexity index is 424. The quantitative estimate of drug-likeness (QED) is 0.903. The molecule has 1 N–H and O–H groups in total. The largest absolute Gasteiger partial charge is 0.375 e. The topological polar surface area (TPSA) is 50.3 Å². The van der Waals surface area contributed by atoms with E-state index in [-0.39, 0.29) is 6.10 Å². The highest BCUT2D eigenvalue weighted by Crippen LogP contribution is 2.21. The van der Waals surface area contributed by atoms with Crippen LogP contribution in [0, 0.1) is 6.92 Å². The molecule has 106 valence electrons. The first-order valence-electron chi connectivity index (χ1n) is 7.08. The van der Waals surface area contributed by atoms with Crippen LogP contribution in [0.25, 0.3) is 0 Å². The van der Waals surface area contributed by atoms with Crippen molar-refractivity contribution in [1.82, 2.24) is 9.97 Å². The lowest BCUT2D eigenvalue weighted by atomic mass is 10.2. The number of nitrogens with one attached hydrogen (secondary N) is 1. The Morgan fingerprint density at radius 1 is 1.42 bits per heavy atom. The third-order valence-electron chi connectivity index (χ3n) is 3.28. The number of anilines is 2. The third kappa shape index (κ3) is 3.56. The Morgan fingerprint density at radius 3 is 2.95 bits per heavy atom. The first kappa shape index (κ1) is 14.1. The third-order valence-corrected chi connectivity index (χ3v) is 3.28. The number of rotatable bonds is 4. The molecule has 0 amide bonds. The van der Waals surface area contributed by atoms with Gasteiger partial charge in [-0.1, -0.05) is 6.92 Å². The van der Waals surface area contributed by atoms with Gasteiger partial charge in [0.25, 0.3) is 0 Å². The van der Waals surface area contributed by atoms with E-state index < -0.39 is 0 Å². The van der Waals surface area contributed by atoms with Crippen molar-refractivity contribution in [2.24, 2.45) is 0 Å². The lowest BCUT2D eigenvalue weighted by Gasteiger charge is -2.37. The molecule has 0 spiro atoms. The molecule has 2 unspecified atom stereocenters. The maximum absolute atomic E-state index is 5.67. The summed E-state index contributed by atoms with van der Waals surface area (Å²) in [6.07, 6.45) is 1.32. The van der Waals surface area contributed by atoms with E-state index in [9.17, 15) is 0 Å². The van der Waals surface area contributed by atoms with Gasteiger partial charge in [0, 0.05) is 24.8 Å². The van der Waals surface area contributed by atoms with Gasteiger partial charge >= 0.3 is 0 Å². The summed E-state index contributed by atoms with van der Waals surface area (Å²) >= 11 is 0. The maximum atomic E-state index is 5.67. The smallest absolute Gasteiger partial charge is 0.224 e. The number of ether oxygens (including phenoxy) is 1. The minimum atomic E-state index is 0.249. The van der Waals surface area contributed by atoms with Crippen LogP contribution >= 0.6 is 0 Å². The average Bonchev–Trinajstić information content (AvgIpc) is 2.38. The van der Waals surface area contributed by atoms with Crippen LogP contribution in [0.15, 0.2) is 6.07 Å². The van der Waals surface area contributed by atoms with Gasteiger partial charge in [-0.15, -0.1) is 0 Å². The first-order valence-corrected chi connectivity index (χ1v) is 7.08. The molecule has 2 heterocycles. The van der Waals surface area contributed by atoms with Crippen molar-refractivity contribution >= 4 is 11.8 Å². The molecular formula is C14H24N4O. The molecule has 2 atom stereocenters. The van der Waals surface area contributed by atoms with Gasteiger partial charge in [0.05, 0.1) is 18.8 Å². The summed E-state index contributed by atoms with van der Waals surface area (Å²) in [5, 5.41) is 3.26. The van der Waals surface area contributed by atoms with Crippen LogP contribution < -0.4 is 10.2 Å². The average molecular weight is 264 g/mol. The number of hydrogen-bond acceptors (Lipinski definition) is 5. The second kappa shape index (κ2) is 6.19. The molecule has 1 aliphatic heterocycles. The van der Waals surface area contributed by atoms with Crippen molar-refractivity contribution in [2.75, 3.05) is 29.9 Å². The number of morpholine rings is 1. The molecular weight excluding hydrogens is 240 g/mol. The van der Waals surface area contributed by atoms with Gasteiger partial charge < -0.3 is 15.0 Å². The Morgan fingerprint density at radius 2 is 2.21 bits per heavy atom. The Hall–Kier alpha value is -1.36. The van der Waals surface area contributed by atoms with Crippen molar-refractivity contribution in [3.63, 3.8) is 0 Å². The zero-order valence-electron chi connectivity index (χ0n) is 12.3. The molecule has 0 radical (unpaired) electrons. The van der Waals surface area contributed by atoms with E-state index in [0.29, 0.717) is 6.04 Å². The maximum Gasteiger partial charge on any atom is 0.224 e. The van der Waals surface area contributed by atoms with Crippen molar-refractivity contribution < 1.29 is 4.74 Å². The molecule has 0 aromatic carbocycles. The number of nitrogens with zero attached hydrogens (tertiary/aromatic N) is 3. The minimum Gasteiger partial charge on any atom is -0.375 e.